The highest BCUT2D eigenvalue weighted by Crippen LogP contribution is 2.38. The van der Waals surface area contributed by atoms with E-state index in [0.29, 0.717) is 11.8 Å². The predicted molar refractivity (Wildman–Crippen MR) is 80.6 cm³/mol. The van der Waals surface area contributed by atoms with E-state index in [1.165, 1.54) is 12.8 Å². The SMILES string of the molecule is O=C(c1ccsc1)N1CCC(c2nc(C3CC3)n[nH]2)CC1. The van der Waals surface area contributed by atoms with E-state index in [0.717, 1.165) is 43.1 Å². The van der Waals surface area contributed by atoms with Crippen molar-refractivity contribution in [3.63, 3.8) is 0 Å². The third-order valence-electron chi connectivity index (χ3n) is 4.40. The lowest BCUT2D eigenvalue weighted by Gasteiger charge is -2.30. The molecule has 2 fully saturated rings. The number of rotatable bonds is 3. The lowest BCUT2D eigenvalue weighted by atomic mass is 9.96. The van der Waals surface area contributed by atoms with E-state index < -0.39 is 0 Å². The van der Waals surface area contributed by atoms with Crippen molar-refractivity contribution in [2.24, 2.45) is 0 Å². The van der Waals surface area contributed by atoms with Gasteiger partial charge in [-0.1, -0.05) is 0 Å². The Morgan fingerprint density at radius 1 is 1.24 bits per heavy atom. The number of carbonyl (C=O) groups is 1. The molecule has 110 valence electrons. The van der Waals surface area contributed by atoms with Crippen molar-refractivity contribution in [2.75, 3.05) is 13.1 Å². The summed E-state index contributed by atoms with van der Waals surface area (Å²) in [5, 5.41) is 11.3. The van der Waals surface area contributed by atoms with E-state index in [4.69, 9.17) is 0 Å². The normalized spacial score (nSPS) is 19.9. The van der Waals surface area contributed by atoms with Crippen LogP contribution in [0, 0.1) is 0 Å². The van der Waals surface area contributed by atoms with Crippen LogP contribution in [0.3, 0.4) is 0 Å². The first-order valence-corrected chi connectivity index (χ1v) is 8.49. The first kappa shape index (κ1) is 13.0. The lowest BCUT2D eigenvalue weighted by molar-refractivity contribution is 0.0711. The Bertz CT molecular complexity index is 624. The number of nitrogens with one attached hydrogen (secondary N) is 1. The number of H-pyrrole nitrogens is 1. The van der Waals surface area contributed by atoms with Gasteiger partial charge in [0.25, 0.3) is 5.91 Å². The maximum Gasteiger partial charge on any atom is 0.254 e. The molecule has 1 saturated heterocycles. The summed E-state index contributed by atoms with van der Waals surface area (Å²) in [6, 6.07) is 1.90. The summed E-state index contributed by atoms with van der Waals surface area (Å²) in [7, 11) is 0. The van der Waals surface area contributed by atoms with E-state index in [9.17, 15) is 4.79 Å². The molecule has 4 rings (SSSR count). The summed E-state index contributed by atoms with van der Waals surface area (Å²) in [4.78, 5) is 18.9. The highest BCUT2D eigenvalue weighted by atomic mass is 32.1. The second kappa shape index (κ2) is 5.26. The van der Waals surface area contributed by atoms with Crippen LogP contribution < -0.4 is 0 Å². The number of amides is 1. The maximum absolute atomic E-state index is 12.3. The Morgan fingerprint density at radius 2 is 2.05 bits per heavy atom. The summed E-state index contributed by atoms with van der Waals surface area (Å²) in [5.74, 6) is 3.17. The largest absolute Gasteiger partial charge is 0.339 e. The minimum Gasteiger partial charge on any atom is -0.339 e. The molecule has 1 amide bonds. The van der Waals surface area contributed by atoms with Gasteiger partial charge in [-0.25, -0.2) is 4.98 Å². The monoisotopic (exact) mass is 302 g/mol. The number of piperidine rings is 1. The van der Waals surface area contributed by atoms with Crippen molar-refractivity contribution in [3.8, 4) is 0 Å². The minimum atomic E-state index is 0.158. The zero-order chi connectivity index (χ0) is 14.2. The van der Waals surface area contributed by atoms with Gasteiger partial charge in [-0.15, -0.1) is 0 Å². The van der Waals surface area contributed by atoms with E-state index in [1.807, 2.05) is 21.7 Å². The van der Waals surface area contributed by atoms with Crippen LogP contribution in [0.1, 0.15) is 59.5 Å². The number of hydrogen-bond donors (Lipinski definition) is 1. The molecule has 1 aliphatic carbocycles. The molecule has 1 aliphatic heterocycles. The lowest BCUT2D eigenvalue weighted by Crippen LogP contribution is -2.37. The molecule has 1 saturated carbocycles. The Kier molecular flexibility index (Phi) is 3.25. The first-order valence-electron chi connectivity index (χ1n) is 7.55. The van der Waals surface area contributed by atoms with Gasteiger partial charge in [0.05, 0.1) is 5.56 Å². The second-order valence-electron chi connectivity index (χ2n) is 5.93. The number of likely N-dealkylation sites (tertiary alicyclic amines) is 1. The van der Waals surface area contributed by atoms with Crippen molar-refractivity contribution in [3.05, 3.63) is 34.0 Å². The highest BCUT2D eigenvalue weighted by molar-refractivity contribution is 7.08. The summed E-state index contributed by atoms with van der Waals surface area (Å²) in [5.41, 5.74) is 0.814. The van der Waals surface area contributed by atoms with Crippen LogP contribution in [0.25, 0.3) is 0 Å². The summed E-state index contributed by atoms with van der Waals surface area (Å²) >= 11 is 1.57. The molecule has 0 aromatic carbocycles. The molecule has 0 spiro atoms. The molecule has 0 bridgehead atoms. The number of thiophene rings is 1. The molecule has 0 atom stereocenters. The fourth-order valence-electron chi connectivity index (χ4n) is 2.92. The van der Waals surface area contributed by atoms with Gasteiger partial charge >= 0.3 is 0 Å². The number of aromatic amines is 1. The molecule has 3 heterocycles. The van der Waals surface area contributed by atoms with E-state index in [1.54, 1.807) is 11.3 Å². The number of carbonyl (C=O) groups excluding carboxylic acids is 1. The standard InChI is InChI=1S/C15H18N4OS/c20-15(12-5-8-21-9-12)19-6-3-11(4-7-19)14-16-13(17-18-14)10-1-2-10/h5,8-11H,1-4,6-7H2,(H,16,17,18). The zero-order valence-corrected chi connectivity index (χ0v) is 12.6. The van der Waals surface area contributed by atoms with Gasteiger partial charge in [-0.2, -0.15) is 16.4 Å². The third kappa shape index (κ3) is 2.60. The molecule has 5 nitrogen and oxygen atoms in total. The number of nitrogens with zero attached hydrogens (tertiary/aromatic N) is 3. The average molecular weight is 302 g/mol. The Morgan fingerprint density at radius 3 is 2.71 bits per heavy atom. The van der Waals surface area contributed by atoms with E-state index >= 15 is 0 Å². The minimum absolute atomic E-state index is 0.158. The van der Waals surface area contributed by atoms with Gasteiger partial charge in [-0.05, 0) is 37.1 Å². The fraction of sp³-hybridized carbons (Fsp3) is 0.533. The quantitative estimate of drug-likeness (QED) is 0.948. The van der Waals surface area contributed by atoms with Crippen molar-refractivity contribution < 1.29 is 4.79 Å². The van der Waals surface area contributed by atoms with E-state index in [-0.39, 0.29) is 5.91 Å². The van der Waals surface area contributed by atoms with Crippen LogP contribution in [-0.2, 0) is 0 Å². The van der Waals surface area contributed by atoms with Crippen molar-refractivity contribution >= 4 is 17.2 Å². The highest BCUT2D eigenvalue weighted by Gasteiger charge is 2.30. The van der Waals surface area contributed by atoms with Crippen LogP contribution in [0.15, 0.2) is 16.8 Å². The molecule has 1 N–H and O–H groups in total. The van der Waals surface area contributed by atoms with Crippen LogP contribution in [0.5, 0.6) is 0 Å². The summed E-state index contributed by atoms with van der Waals surface area (Å²) in [6.45, 7) is 1.61. The smallest absolute Gasteiger partial charge is 0.254 e. The Balaban J connectivity index is 1.38. The third-order valence-corrected chi connectivity index (χ3v) is 5.08. The van der Waals surface area contributed by atoms with Crippen LogP contribution in [0.4, 0.5) is 0 Å². The van der Waals surface area contributed by atoms with Crippen LogP contribution in [-0.4, -0.2) is 39.1 Å². The first-order chi connectivity index (χ1) is 10.3. The van der Waals surface area contributed by atoms with Crippen LogP contribution >= 0.6 is 11.3 Å². The fourth-order valence-corrected chi connectivity index (χ4v) is 3.55. The second-order valence-corrected chi connectivity index (χ2v) is 6.71. The summed E-state index contributed by atoms with van der Waals surface area (Å²) < 4.78 is 0. The Hall–Kier alpha value is -1.69. The van der Waals surface area contributed by atoms with E-state index in [2.05, 4.69) is 15.2 Å². The van der Waals surface area contributed by atoms with Gasteiger partial charge in [0.2, 0.25) is 0 Å². The van der Waals surface area contributed by atoms with Crippen molar-refractivity contribution in [1.29, 1.82) is 0 Å². The number of hydrogen-bond acceptors (Lipinski definition) is 4. The molecule has 21 heavy (non-hydrogen) atoms. The molecule has 2 aromatic heterocycles. The summed E-state index contributed by atoms with van der Waals surface area (Å²) in [6.07, 6.45) is 4.39. The van der Waals surface area contributed by atoms with Gasteiger partial charge in [0, 0.05) is 30.3 Å². The molecule has 2 aromatic rings. The van der Waals surface area contributed by atoms with Crippen LogP contribution in [0.2, 0.25) is 0 Å². The molecule has 0 unspecified atom stereocenters. The van der Waals surface area contributed by atoms with Gasteiger partial charge in [-0.3, -0.25) is 9.89 Å². The molecule has 0 radical (unpaired) electrons. The predicted octanol–water partition coefficient (Wildman–Crippen LogP) is 2.76. The molecule has 2 aliphatic rings. The Labute approximate surface area is 127 Å². The molecular weight excluding hydrogens is 284 g/mol. The zero-order valence-electron chi connectivity index (χ0n) is 11.8. The van der Waals surface area contributed by atoms with Gasteiger partial charge in [0.1, 0.15) is 5.82 Å². The molecule has 6 heteroatoms. The van der Waals surface area contributed by atoms with Crippen molar-refractivity contribution in [2.45, 2.75) is 37.5 Å². The maximum atomic E-state index is 12.3. The average Bonchev–Trinajstić information content (AvgIpc) is 3.05. The van der Waals surface area contributed by atoms with Crippen molar-refractivity contribution in [1.82, 2.24) is 20.1 Å². The topological polar surface area (TPSA) is 61.9 Å². The van der Waals surface area contributed by atoms with Gasteiger partial charge in [0.15, 0.2) is 5.82 Å². The van der Waals surface area contributed by atoms with Gasteiger partial charge < -0.3 is 4.90 Å². The molecular formula is C15H18N4OS. The number of aromatic nitrogens is 3.